The molecule has 0 aliphatic heterocycles. The van der Waals surface area contributed by atoms with Crippen LogP contribution in [-0.4, -0.2) is 12.9 Å². The predicted molar refractivity (Wildman–Crippen MR) is 73.0 cm³/mol. The molecule has 0 fully saturated rings. The van der Waals surface area contributed by atoms with Crippen LogP contribution in [0.3, 0.4) is 0 Å². The Morgan fingerprint density at radius 3 is 2.65 bits per heavy atom. The highest BCUT2D eigenvalue weighted by Gasteiger charge is 2.14. The van der Waals surface area contributed by atoms with Gasteiger partial charge in [0.2, 0.25) is 0 Å². The number of ketones is 1. The van der Waals surface area contributed by atoms with Crippen LogP contribution in [0.25, 0.3) is 0 Å². The highest BCUT2D eigenvalue weighted by molar-refractivity contribution is 9.10. The van der Waals surface area contributed by atoms with Gasteiger partial charge < -0.3 is 4.74 Å². The van der Waals surface area contributed by atoms with Crippen LogP contribution in [0.2, 0.25) is 0 Å². The minimum atomic E-state index is 0.0965. The number of ether oxygens (including phenoxy) is 1. The summed E-state index contributed by atoms with van der Waals surface area (Å²) < 4.78 is 6.16. The Bertz CT molecular complexity index is 516. The summed E-state index contributed by atoms with van der Waals surface area (Å²) in [5, 5.41) is 1.87. The van der Waals surface area contributed by atoms with Gasteiger partial charge in [-0.1, -0.05) is 28.1 Å². The fourth-order valence-electron chi connectivity index (χ4n) is 1.53. The number of methoxy groups -OCH3 is 1. The van der Waals surface area contributed by atoms with Gasteiger partial charge in [0.15, 0.2) is 5.78 Å². The maximum absolute atomic E-state index is 12.1. The monoisotopic (exact) mass is 310 g/mol. The molecule has 0 radical (unpaired) electrons. The molecular weight excluding hydrogens is 300 g/mol. The number of hydrogen-bond acceptors (Lipinski definition) is 3. The second-order valence-electron chi connectivity index (χ2n) is 3.54. The summed E-state index contributed by atoms with van der Waals surface area (Å²) >= 11 is 4.79. The first-order valence-corrected chi connectivity index (χ1v) is 6.77. The molecule has 1 aromatic heterocycles. The van der Waals surface area contributed by atoms with E-state index in [1.165, 1.54) is 11.3 Å². The van der Waals surface area contributed by atoms with Crippen molar-refractivity contribution < 1.29 is 9.53 Å². The summed E-state index contributed by atoms with van der Waals surface area (Å²) in [4.78, 5) is 12.7. The third kappa shape index (κ3) is 2.96. The average molecular weight is 311 g/mol. The van der Waals surface area contributed by atoms with Crippen LogP contribution in [0.5, 0.6) is 5.75 Å². The van der Waals surface area contributed by atoms with Gasteiger partial charge in [-0.05, 0) is 29.1 Å². The van der Waals surface area contributed by atoms with Crippen molar-refractivity contribution in [3.8, 4) is 5.75 Å². The first kappa shape index (κ1) is 12.3. The molecule has 0 aliphatic carbocycles. The molecule has 0 spiro atoms. The number of rotatable bonds is 4. The zero-order valence-electron chi connectivity index (χ0n) is 9.27. The number of carbonyl (C=O) groups excluding carboxylic acids is 1. The SMILES string of the molecule is COc1ccsc1C(=O)Cc1ccc(Br)cc1. The van der Waals surface area contributed by atoms with Crippen molar-refractivity contribution in [3.63, 3.8) is 0 Å². The Morgan fingerprint density at radius 2 is 2.00 bits per heavy atom. The lowest BCUT2D eigenvalue weighted by atomic mass is 10.1. The van der Waals surface area contributed by atoms with E-state index in [9.17, 15) is 4.79 Å². The zero-order chi connectivity index (χ0) is 12.3. The third-order valence-corrected chi connectivity index (χ3v) is 3.85. The molecule has 2 nitrogen and oxygen atoms in total. The number of halogens is 1. The molecule has 1 aromatic carbocycles. The topological polar surface area (TPSA) is 26.3 Å². The van der Waals surface area contributed by atoms with E-state index < -0.39 is 0 Å². The normalized spacial score (nSPS) is 10.2. The van der Waals surface area contributed by atoms with Crippen LogP contribution >= 0.6 is 27.3 Å². The highest BCUT2D eigenvalue weighted by Crippen LogP contribution is 2.26. The molecule has 17 heavy (non-hydrogen) atoms. The van der Waals surface area contributed by atoms with Gasteiger partial charge in [-0.15, -0.1) is 11.3 Å². The first-order valence-electron chi connectivity index (χ1n) is 5.10. The van der Waals surface area contributed by atoms with Gasteiger partial charge in [-0.25, -0.2) is 0 Å². The maximum Gasteiger partial charge on any atom is 0.180 e. The van der Waals surface area contributed by atoms with Gasteiger partial charge in [0.25, 0.3) is 0 Å². The summed E-state index contributed by atoms with van der Waals surface area (Å²) in [6.45, 7) is 0. The average Bonchev–Trinajstić information content (AvgIpc) is 2.80. The minimum absolute atomic E-state index is 0.0965. The van der Waals surface area contributed by atoms with Crippen molar-refractivity contribution in [1.29, 1.82) is 0 Å². The molecular formula is C13H11BrO2S. The van der Waals surface area contributed by atoms with Gasteiger partial charge in [0, 0.05) is 10.9 Å². The Morgan fingerprint density at radius 1 is 1.29 bits per heavy atom. The summed E-state index contributed by atoms with van der Waals surface area (Å²) in [5.74, 6) is 0.760. The molecule has 0 bridgehead atoms. The van der Waals surface area contributed by atoms with Crippen LogP contribution in [-0.2, 0) is 6.42 Å². The lowest BCUT2D eigenvalue weighted by Gasteiger charge is -2.02. The molecule has 88 valence electrons. The Balaban J connectivity index is 2.14. The fourth-order valence-corrected chi connectivity index (χ4v) is 2.59. The standard InChI is InChI=1S/C13H11BrO2S/c1-16-12-6-7-17-13(12)11(15)8-9-2-4-10(14)5-3-9/h2-7H,8H2,1H3. The van der Waals surface area contributed by atoms with Gasteiger partial charge in [0.05, 0.1) is 7.11 Å². The molecule has 0 N–H and O–H groups in total. The molecule has 4 heteroatoms. The number of carbonyl (C=O) groups is 1. The van der Waals surface area contributed by atoms with E-state index >= 15 is 0 Å². The molecule has 0 amide bonds. The molecule has 2 aromatic rings. The largest absolute Gasteiger partial charge is 0.495 e. The van der Waals surface area contributed by atoms with Crippen LogP contribution in [0.4, 0.5) is 0 Å². The van der Waals surface area contributed by atoms with Crippen molar-refractivity contribution in [2.75, 3.05) is 7.11 Å². The molecule has 0 atom stereocenters. The lowest BCUT2D eigenvalue weighted by molar-refractivity contribution is 0.0994. The van der Waals surface area contributed by atoms with Gasteiger partial charge in [-0.3, -0.25) is 4.79 Å². The van der Waals surface area contributed by atoms with Crippen LogP contribution in [0.1, 0.15) is 15.2 Å². The predicted octanol–water partition coefficient (Wildman–Crippen LogP) is 3.94. The number of Topliss-reactive ketones (excluding diaryl/α,β-unsaturated/α-hetero) is 1. The summed E-state index contributed by atoms with van der Waals surface area (Å²) in [6.07, 6.45) is 0.407. The number of thiophene rings is 1. The molecule has 2 rings (SSSR count). The summed E-state index contributed by atoms with van der Waals surface area (Å²) in [6, 6.07) is 9.59. The quantitative estimate of drug-likeness (QED) is 0.799. The maximum atomic E-state index is 12.1. The molecule has 0 aliphatic rings. The minimum Gasteiger partial charge on any atom is -0.495 e. The van der Waals surface area contributed by atoms with E-state index in [0.717, 1.165) is 10.0 Å². The van der Waals surface area contributed by atoms with E-state index in [1.54, 1.807) is 7.11 Å². The summed E-state index contributed by atoms with van der Waals surface area (Å²) in [5.41, 5.74) is 1.01. The Hall–Kier alpha value is -1.13. The summed E-state index contributed by atoms with van der Waals surface area (Å²) in [7, 11) is 1.58. The van der Waals surface area contributed by atoms with Crippen LogP contribution in [0, 0.1) is 0 Å². The van der Waals surface area contributed by atoms with Crippen molar-refractivity contribution in [2.45, 2.75) is 6.42 Å². The van der Waals surface area contributed by atoms with Crippen molar-refractivity contribution in [1.82, 2.24) is 0 Å². The Kier molecular flexibility index (Phi) is 3.97. The highest BCUT2D eigenvalue weighted by atomic mass is 79.9. The van der Waals surface area contributed by atoms with Gasteiger partial charge >= 0.3 is 0 Å². The lowest BCUT2D eigenvalue weighted by Crippen LogP contribution is -2.02. The second kappa shape index (κ2) is 5.47. The van der Waals surface area contributed by atoms with E-state index in [4.69, 9.17) is 4.74 Å². The van der Waals surface area contributed by atoms with Gasteiger partial charge in [-0.2, -0.15) is 0 Å². The molecule has 0 saturated carbocycles. The molecule has 1 heterocycles. The van der Waals surface area contributed by atoms with Crippen LogP contribution < -0.4 is 4.74 Å². The molecule has 0 unspecified atom stereocenters. The van der Waals surface area contributed by atoms with E-state index in [0.29, 0.717) is 17.0 Å². The van der Waals surface area contributed by atoms with Crippen LogP contribution in [0.15, 0.2) is 40.2 Å². The Labute approximate surface area is 112 Å². The zero-order valence-corrected chi connectivity index (χ0v) is 11.7. The van der Waals surface area contributed by atoms with Crippen molar-refractivity contribution in [2.24, 2.45) is 0 Å². The van der Waals surface area contributed by atoms with E-state index in [1.807, 2.05) is 35.7 Å². The fraction of sp³-hybridized carbons (Fsp3) is 0.154. The molecule has 0 saturated heterocycles. The first-order chi connectivity index (χ1) is 8.20. The smallest absolute Gasteiger partial charge is 0.180 e. The van der Waals surface area contributed by atoms with E-state index in [-0.39, 0.29) is 5.78 Å². The van der Waals surface area contributed by atoms with Gasteiger partial charge in [0.1, 0.15) is 10.6 Å². The third-order valence-electron chi connectivity index (χ3n) is 2.38. The van der Waals surface area contributed by atoms with Crippen molar-refractivity contribution in [3.05, 3.63) is 50.6 Å². The van der Waals surface area contributed by atoms with Crippen molar-refractivity contribution >= 4 is 33.0 Å². The van der Waals surface area contributed by atoms with E-state index in [2.05, 4.69) is 15.9 Å². The second-order valence-corrected chi connectivity index (χ2v) is 5.38. The number of benzene rings is 1. The number of hydrogen-bond donors (Lipinski definition) is 0.